The van der Waals surface area contributed by atoms with Crippen molar-refractivity contribution in [3.8, 4) is 11.6 Å². The molecule has 0 aliphatic heterocycles. The van der Waals surface area contributed by atoms with Gasteiger partial charge in [-0.25, -0.2) is 4.98 Å². The maximum atomic E-state index is 5.49. The monoisotopic (exact) mass is 192 g/mol. The number of oxazole rings is 1. The first-order valence-electron chi connectivity index (χ1n) is 4.37. The van der Waals surface area contributed by atoms with Gasteiger partial charge in [0, 0.05) is 13.2 Å². The molecule has 0 aliphatic carbocycles. The van der Waals surface area contributed by atoms with E-state index in [1.54, 1.807) is 4.68 Å². The molecule has 0 spiro atoms. The molecular formula is C9H12N4O. The topological polar surface area (TPSA) is 69.9 Å². The van der Waals surface area contributed by atoms with Gasteiger partial charge in [0.25, 0.3) is 0 Å². The Balaban J connectivity index is 2.42. The molecule has 0 unspecified atom stereocenters. The van der Waals surface area contributed by atoms with Gasteiger partial charge in [-0.2, -0.15) is 5.10 Å². The summed E-state index contributed by atoms with van der Waals surface area (Å²) >= 11 is 0. The molecule has 0 saturated heterocycles. The number of rotatable bonds is 2. The first-order valence-corrected chi connectivity index (χ1v) is 4.37. The molecule has 0 bridgehead atoms. The predicted molar refractivity (Wildman–Crippen MR) is 51.3 cm³/mol. The van der Waals surface area contributed by atoms with Gasteiger partial charge in [-0.3, -0.25) is 4.68 Å². The fourth-order valence-corrected chi connectivity index (χ4v) is 1.26. The van der Waals surface area contributed by atoms with Crippen LogP contribution in [0, 0.1) is 6.92 Å². The first kappa shape index (κ1) is 8.96. The van der Waals surface area contributed by atoms with Crippen LogP contribution in [0.1, 0.15) is 11.5 Å². The van der Waals surface area contributed by atoms with E-state index in [1.165, 1.54) is 0 Å². The Morgan fingerprint density at radius 3 is 2.86 bits per heavy atom. The normalized spacial score (nSPS) is 10.8. The third kappa shape index (κ3) is 1.42. The molecule has 2 N–H and O–H groups in total. The van der Waals surface area contributed by atoms with Gasteiger partial charge in [0.2, 0.25) is 5.89 Å². The van der Waals surface area contributed by atoms with E-state index in [-0.39, 0.29) is 0 Å². The summed E-state index contributed by atoms with van der Waals surface area (Å²) < 4.78 is 7.16. The number of hydrogen-bond acceptors (Lipinski definition) is 4. The molecule has 2 rings (SSSR count). The molecule has 0 fully saturated rings. The summed E-state index contributed by atoms with van der Waals surface area (Å²) in [5.41, 5.74) is 7.05. The third-order valence-corrected chi connectivity index (χ3v) is 2.01. The van der Waals surface area contributed by atoms with E-state index in [2.05, 4.69) is 10.1 Å². The highest BCUT2D eigenvalue weighted by atomic mass is 16.4. The standard InChI is InChI=1S/C9H12N4O/c1-6-8(5-10)14-9(11-6)7-3-4-13(2)12-7/h3-4H,5,10H2,1-2H3. The average molecular weight is 192 g/mol. The van der Waals surface area contributed by atoms with Crippen molar-refractivity contribution in [1.82, 2.24) is 14.8 Å². The second-order valence-corrected chi connectivity index (χ2v) is 3.11. The molecule has 2 aromatic rings. The molecule has 0 aromatic carbocycles. The van der Waals surface area contributed by atoms with E-state index >= 15 is 0 Å². The SMILES string of the molecule is Cc1nc(-c2ccn(C)n2)oc1CN. The smallest absolute Gasteiger partial charge is 0.247 e. The number of aryl methyl sites for hydroxylation is 2. The Morgan fingerprint density at radius 2 is 2.36 bits per heavy atom. The van der Waals surface area contributed by atoms with Crippen LogP contribution in [0.5, 0.6) is 0 Å². The lowest BCUT2D eigenvalue weighted by Gasteiger charge is -1.88. The number of nitrogens with zero attached hydrogens (tertiary/aromatic N) is 3. The van der Waals surface area contributed by atoms with Crippen LogP contribution in [0.15, 0.2) is 16.7 Å². The summed E-state index contributed by atoms with van der Waals surface area (Å²) in [4.78, 5) is 4.24. The quantitative estimate of drug-likeness (QED) is 0.765. The van der Waals surface area contributed by atoms with Gasteiger partial charge in [0.1, 0.15) is 11.5 Å². The zero-order valence-electron chi connectivity index (χ0n) is 8.19. The summed E-state index contributed by atoms with van der Waals surface area (Å²) in [6.07, 6.45) is 1.84. The number of aromatic nitrogens is 3. The molecule has 0 atom stereocenters. The molecule has 14 heavy (non-hydrogen) atoms. The molecule has 0 amide bonds. The van der Waals surface area contributed by atoms with Crippen molar-refractivity contribution < 1.29 is 4.42 Å². The molecule has 0 aliphatic rings. The van der Waals surface area contributed by atoms with Crippen LogP contribution < -0.4 is 5.73 Å². The van der Waals surface area contributed by atoms with Crippen LogP contribution in [0.3, 0.4) is 0 Å². The zero-order chi connectivity index (χ0) is 10.1. The summed E-state index contributed by atoms with van der Waals surface area (Å²) in [5, 5.41) is 4.19. The second kappa shape index (κ2) is 3.26. The van der Waals surface area contributed by atoms with Crippen molar-refractivity contribution in [1.29, 1.82) is 0 Å². The molecular weight excluding hydrogens is 180 g/mol. The van der Waals surface area contributed by atoms with Crippen molar-refractivity contribution in [2.45, 2.75) is 13.5 Å². The van der Waals surface area contributed by atoms with Crippen molar-refractivity contribution in [3.63, 3.8) is 0 Å². The van der Waals surface area contributed by atoms with Gasteiger partial charge < -0.3 is 10.2 Å². The van der Waals surface area contributed by atoms with Gasteiger partial charge >= 0.3 is 0 Å². The lowest BCUT2D eigenvalue weighted by atomic mass is 10.4. The van der Waals surface area contributed by atoms with Crippen LogP contribution in [0.2, 0.25) is 0 Å². The van der Waals surface area contributed by atoms with Crippen molar-refractivity contribution >= 4 is 0 Å². The minimum absolute atomic E-state index is 0.367. The maximum absolute atomic E-state index is 5.49. The van der Waals surface area contributed by atoms with Crippen molar-refractivity contribution in [2.24, 2.45) is 12.8 Å². The van der Waals surface area contributed by atoms with E-state index in [1.807, 2.05) is 26.2 Å². The number of nitrogens with two attached hydrogens (primary N) is 1. The molecule has 0 saturated carbocycles. The first-order chi connectivity index (χ1) is 6.70. The average Bonchev–Trinajstić information content (AvgIpc) is 2.71. The summed E-state index contributed by atoms with van der Waals surface area (Å²) in [6.45, 7) is 2.24. The molecule has 2 heterocycles. The van der Waals surface area contributed by atoms with Crippen LogP contribution in [-0.2, 0) is 13.6 Å². The zero-order valence-corrected chi connectivity index (χ0v) is 8.19. The van der Waals surface area contributed by atoms with Crippen LogP contribution in [0.25, 0.3) is 11.6 Å². The predicted octanol–water partition coefficient (Wildman–Crippen LogP) is 0.842. The van der Waals surface area contributed by atoms with Gasteiger partial charge in [-0.15, -0.1) is 0 Å². The largest absolute Gasteiger partial charge is 0.438 e. The number of hydrogen-bond donors (Lipinski definition) is 1. The Hall–Kier alpha value is -1.62. The van der Waals surface area contributed by atoms with E-state index in [0.29, 0.717) is 18.2 Å². The van der Waals surface area contributed by atoms with E-state index in [0.717, 1.165) is 11.4 Å². The summed E-state index contributed by atoms with van der Waals surface area (Å²) in [7, 11) is 1.85. The fourth-order valence-electron chi connectivity index (χ4n) is 1.26. The highest BCUT2D eigenvalue weighted by Crippen LogP contribution is 2.19. The van der Waals surface area contributed by atoms with E-state index in [9.17, 15) is 0 Å². The van der Waals surface area contributed by atoms with Crippen molar-refractivity contribution in [2.75, 3.05) is 0 Å². The van der Waals surface area contributed by atoms with Gasteiger partial charge in [0.15, 0.2) is 0 Å². The summed E-state index contributed by atoms with van der Waals surface area (Å²) in [6, 6.07) is 1.85. The van der Waals surface area contributed by atoms with E-state index in [4.69, 9.17) is 10.2 Å². The highest BCUT2D eigenvalue weighted by Gasteiger charge is 2.11. The van der Waals surface area contributed by atoms with Gasteiger partial charge in [-0.1, -0.05) is 0 Å². The molecule has 0 radical (unpaired) electrons. The Morgan fingerprint density at radius 1 is 1.57 bits per heavy atom. The maximum Gasteiger partial charge on any atom is 0.247 e. The molecule has 2 aromatic heterocycles. The highest BCUT2D eigenvalue weighted by molar-refractivity contribution is 5.46. The summed E-state index contributed by atoms with van der Waals surface area (Å²) in [5.74, 6) is 1.24. The second-order valence-electron chi connectivity index (χ2n) is 3.11. The lowest BCUT2D eigenvalue weighted by molar-refractivity contribution is 0.515. The fraction of sp³-hybridized carbons (Fsp3) is 0.333. The lowest BCUT2D eigenvalue weighted by Crippen LogP contribution is -1.95. The van der Waals surface area contributed by atoms with Crippen molar-refractivity contribution in [3.05, 3.63) is 23.7 Å². The molecule has 5 nitrogen and oxygen atoms in total. The third-order valence-electron chi connectivity index (χ3n) is 2.01. The Kier molecular flexibility index (Phi) is 2.09. The van der Waals surface area contributed by atoms with Crippen LogP contribution in [-0.4, -0.2) is 14.8 Å². The van der Waals surface area contributed by atoms with Crippen LogP contribution >= 0.6 is 0 Å². The van der Waals surface area contributed by atoms with Crippen LogP contribution in [0.4, 0.5) is 0 Å². The Labute approximate surface area is 81.5 Å². The minimum atomic E-state index is 0.367. The molecule has 74 valence electrons. The van der Waals surface area contributed by atoms with E-state index < -0.39 is 0 Å². The van der Waals surface area contributed by atoms with Gasteiger partial charge in [0.05, 0.1) is 12.2 Å². The molecule has 5 heteroatoms. The minimum Gasteiger partial charge on any atom is -0.438 e. The van der Waals surface area contributed by atoms with Gasteiger partial charge in [-0.05, 0) is 13.0 Å². The Bertz CT molecular complexity index is 443.